The molecule has 0 aromatic heterocycles. The smallest absolute Gasteiger partial charge is 0.0949 e. The van der Waals surface area contributed by atoms with E-state index in [1.807, 2.05) is 0 Å². The van der Waals surface area contributed by atoms with Crippen molar-refractivity contribution in [2.24, 2.45) is 11.7 Å². The molecule has 2 aliphatic heterocycles. The summed E-state index contributed by atoms with van der Waals surface area (Å²) in [6.45, 7) is 7.41. The van der Waals surface area contributed by atoms with Crippen LogP contribution in [-0.2, 0) is 4.74 Å². The van der Waals surface area contributed by atoms with Crippen molar-refractivity contribution < 1.29 is 4.74 Å². The Labute approximate surface area is 104 Å². The Bertz CT molecular complexity index is 290. The summed E-state index contributed by atoms with van der Waals surface area (Å²) in [7, 11) is 0. The van der Waals surface area contributed by atoms with Gasteiger partial charge in [-0.05, 0) is 46.1 Å². The molecule has 2 atom stereocenters. The average molecular weight is 239 g/mol. The van der Waals surface area contributed by atoms with Gasteiger partial charge in [0.1, 0.15) is 0 Å². The van der Waals surface area contributed by atoms with Crippen molar-refractivity contribution in [3.8, 4) is 0 Å². The minimum atomic E-state index is 0.0560. The fourth-order valence-electron chi connectivity index (χ4n) is 2.97. The molecule has 4 heteroatoms. The third-order valence-electron chi connectivity index (χ3n) is 3.96. The fraction of sp³-hybridized carbons (Fsp3) is 0.923. The monoisotopic (exact) mass is 239 g/mol. The number of piperidine rings is 1. The lowest BCUT2D eigenvalue weighted by atomic mass is 9.96. The van der Waals surface area contributed by atoms with Gasteiger partial charge in [0.15, 0.2) is 0 Å². The molecule has 0 saturated carbocycles. The van der Waals surface area contributed by atoms with Crippen molar-refractivity contribution in [3.63, 3.8) is 0 Å². The van der Waals surface area contributed by atoms with Crippen molar-refractivity contribution >= 4 is 5.84 Å². The highest BCUT2D eigenvalue weighted by Crippen LogP contribution is 2.30. The van der Waals surface area contributed by atoms with Crippen LogP contribution in [0.25, 0.3) is 0 Å². The van der Waals surface area contributed by atoms with Crippen LogP contribution in [0.4, 0.5) is 0 Å². The lowest BCUT2D eigenvalue weighted by molar-refractivity contribution is -0.0315. The van der Waals surface area contributed by atoms with Gasteiger partial charge in [0, 0.05) is 19.0 Å². The first-order chi connectivity index (χ1) is 7.96. The van der Waals surface area contributed by atoms with Crippen LogP contribution >= 0.6 is 0 Å². The highest BCUT2D eigenvalue weighted by molar-refractivity contribution is 5.79. The Hall–Kier alpha value is -0.610. The zero-order valence-electron chi connectivity index (χ0n) is 11.0. The molecule has 0 aliphatic carbocycles. The predicted molar refractivity (Wildman–Crippen MR) is 69.3 cm³/mol. The van der Waals surface area contributed by atoms with Gasteiger partial charge in [-0.15, -0.1) is 0 Å². The summed E-state index contributed by atoms with van der Waals surface area (Å²) >= 11 is 0. The Morgan fingerprint density at radius 2 is 2.24 bits per heavy atom. The number of likely N-dealkylation sites (tertiary alicyclic amines) is 1. The third-order valence-corrected chi connectivity index (χ3v) is 3.96. The molecule has 2 unspecified atom stereocenters. The average Bonchev–Trinajstić information content (AvgIpc) is 2.58. The summed E-state index contributed by atoms with van der Waals surface area (Å²) in [4.78, 5) is 2.42. The van der Waals surface area contributed by atoms with Gasteiger partial charge < -0.3 is 15.4 Å². The highest BCUT2D eigenvalue weighted by Gasteiger charge is 2.33. The molecule has 98 valence electrons. The van der Waals surface area contributed by atoms with E-state index in [4.69, 9.17) is 15.9 Å². The van der Waals surface area contributed by atoms with E-state index in [0.717, 1.165) is 45.3 Å². The standard InChI is InChI=1S/C13H25N3O/c1-13(2)6-5-11(17-13)9-16-7-3-4-10(8-16)12(14)15/h10-11H,3-9H2,1-2H3,(H3,14,15). The maximum Gasteiger partial charge on any atom is 0.0949 e. The van der Waals surface area contributed by atoms with Gasteiger partial charge in [0.2, 0.25) is 0 Å². The van der Waals surface area contributed by atoms with Gasteiger partial charge in [-0.3, -0.25) is 5.41 Å². The quantitative estimate of drug-likeness (QED) is 0.581. The van der Waals surface area contributed by atoms with Gasteiger partial charge in [-0.1, -0.05) is 0 Å². The maximum atomic E-state index is 7.55. The SMILES string of the molecule is CC1(C)CCC(CN2CCCC(C(=N)N)C2)O1. The molecule has 4 nitrogen and oxygen atoms in total. The van der Waals surface area contributed by atoms with E-state index >= 15 is 0 Å². The first kappa shape index (κ1) is 12.8. The minimum Gasteiger partial charge on any atom is -0.387 e. The normalized spacial score (nSPS) is 33.8. The lowest BCUT2D eigenvalue weighted by Gasteiger charge is -2.34. The van der Waals surface area contributed by atoms with Crippen molar-refractivity contribution in [2.45, 2.75) is 51.2 Å². The first-order valence-electron chi connectivity index (χ1n) is 6.70. The number of nitrogens with zero attached hydrogens (tertiary/aromatic N) is 1. The van der Waals surface area contributed by atoms with Crippen LogP contribution in [0, 0.1) is 11.3 Å². The van der Waals surface area contributed by atoms with Crippen molar-refractivity contribution in [3.05, 3.63) is 0 Å². The fourth-order valence-corrected chi connectivity index (χ4v) is 2.97. The highest BCUT2D eigenvalue weighted by atomic mass is 16.5. The molecule has 0 amide bonds. The van der Waals surface area contributed by atoms with Crippen LogP contribution < -0.4 is 5.73 Å². The number of ether oxygens (including phenoxy) is 1. The van der Waals surface area contributed by atoms with Crippen molar-refractivity contribution in [1.29, 1.82) is 5.41 Å². The second-order valence-corrected chi connectivity index (χ2v) is 6.09. The molecule has 17 heavy (non-hydrogen) atoms. The second-order valence-electron chi connectivity index (χ2n) is 6.09. The van der Waals surface area contributed by atoms with E-state index in [1.54, 1.807) is 0 Å². The predicted octanol–water partition coefficient (Wildman–Crippen LogP) is 1.59. The Morgan fingerprint density at radius 1 is 1.47 bits per heavy atom. The van der Waals surface area contributed by atoms with E-state index < -0.39 is 0 Å². The zero-order chi connectivity index (χ0) is 12.5. The summed E-state index contributed by atoms with van der Waals surface area (Å²) in [5.74, 6) is 0.612. The molecule has 2 fully saturated rings. The topological polar surface area (TPSA) is 62.3 Å². The zero-order valence-corrected chi connectivity index (χ0v) is 11.0. The molecule has 2 aliphatic rings. The van der Waals surface area contributed by atoms with E-state index in [-0.39, 0.29) is 11.5 Å². The Balaban J connectivity index is 1.81. The van der Waals surface area contributed by atoms with Crippen LogP contribution in [0.5, 0.6) is 0 Å². The van der Waals surface area contributed by atoms with E-state index in [9.17, 15) is 0 Å². The minimum absolute atomic E-state index is 0.0560. The number of rotatable bonds is 3. The maximum absolute atomic E-state index is 7.55. The Morgan fingerprint density at radius 3 is 2.82 bits per heavy atom. The van der Waals surface area contributed by atoms with Crippen molar-refractivity contribution in [2.75, 3.05) is 19.6 Å². The van der Waals surface area contributed by atoms with Crippen LogP contribution in [0.15, 0.2) is 0 Å². The largest absolute Gasteiger partial charge is 0.387 e. The second kappa shape index (κ2) is 4.94. The molecule has 0 aromatic rings. The van der Waals surface area contributed by atoms with Gasteiger partial charge in [-0.25, -0.2) is 0 Å². The number of hydrogen-bond acceptors (Lipinski definition) is 3. The summed E-state index contributed by atoms with van der Waals surface area (Å²) in [5.41, 5.74) is 5.66. The van der Waals surface area contributed by atoms with Crippen LogP contribution in [0.3, 0.4) is 0 Å². The molecule has 0 bridgehead atoms. The molecule has 2 heterocycles. The van der Waals surface area contributed by atoms with Gasteiger partial charge in [0.25, 0.3) is 0 Å². The molecule has 2 saturated heterocycles. The third kappa shape index (κ3) is 3.42. The molecule has 0 aromatic carbocycles. The van der Waals surface area contributed by atoms with Crippen molar-refractivity contribution in [1.82, 2.24) is 4.90 Å². The molecule has 2 rings (SSSR count). The van der Waals surface area contributed by atoms with Crippen LogP contribution in [0.2, 0.25) is 0 Å². The molecule has 0 radical (unpaired) electrons. The number of amidine groups is 1. The van der Waals surface area contributed by atoms with Gasteiger partial charge >= 0.3 is 0 Å². The first-order valence-corrected chi connectivity index (χ1v) is 6.70. The molecule has 3 N–H and O–H groups in total. The molecule has 0 spiro atoms. The number of nitrogens with one attached hydrogen (secondary N) is 1. The van der Waals surface area contributed by atoms with Gasteiger partial charge in [-0.2, -0.15) is 0 Å². The molecular weight excluding hydrogens is 214 g/mol. The summed E-state index contributed by atoms with van der Waals surface area (Å²) in [5, 5.41) is 7.55. The van der Waals surface area contributed by atoms with E-state index in [0.29, 0.717) is 11.9 Å². The van der Waals surface area contributed by atoms with E-state index in [2.05, 4.69) is 18.7 Å². The summed E-state index contributed by atoms with van der Waals surface area (Å²) in [6, 6.07) is 0. The Kier molecular flexibility index (Phi) is 3.73. The summed E-state index contributed by atoms with van der Waals surface area (Å²) in [6.07, 6.45) is 4.91. The van der Waals surface area contributed by atoms with Crippen LogP contribution in [-0.4, -0.2) is 42.1 Å². The van der Waals surface area contributed by atoms with Crippen LogP contribution in [0.1, 0.15) is 39.5 Å². The summed E-state index contributed by atoms with van der Waals surface area (Å²) < 4.78 is 6.02. The lowest BCUT2D eigenvalue weighted by Crippen LogP contribution is -2.44. The van der Waals surface area contributed by atoms with Gasteiger partial charge in [0.05, 0.1) is 17.5 Å². The number of hydrogen-bond donors (Lipinski definition) is 2. The molecular formula is C13H25N3O. The number of nitrogens with two attached hydrogens (primary N) is 1. The van der Waals surface area contributed by atoms with E-state index in [1.165, 1.54) is 0 Å².